The molecule has 1 aromatic carbocycles. The number of anilines is 1. The second-order valence-electron chi connectivity index (χ2n) is 2.85. The zero-order valence-electron chi connectivity index (χ0n) is 8.40. The highest BCUT2D eigenvalue weighted by Crippen LogP contribution is 2.34. The Morgan fingerprint density at radius 3 is 2.75 bits per heavy atom. The highest BCUT2D eigenvalue weighted by molar-refractivity contribution is 5.87. The molecule has 16 heavy (non-hydrogen) atoms. The van der Waals surface area contributed by atoms with Crippen LogP contribution in [0, 0.1) is 15.9 Å². The predicted molar refractivity (Wildman–Crippen MR) is 54.0 cm³/mol. The SMILES string of the molecule is CCOc1cc(C=O)c([N+](=O)[O-])c(N)c1F. The predicted octanol–water partition coefficient (Wildman–Crippen LogP) is 1.53. The molecule has 1 aromatic rings. The van der Waals surface area contributed by atoms with E-state index in [-0.39, 0.29) is 24.2 Å². The van der Waals surface area contributed by atoms with Crippen LogP contribution in [0.1, 0.15) is 17.3 Å². The molecule has 0 radical (unpaired) electrons. The lowest BCUT2D eigenvalue weighted by Crippen LogP contribution is -2.05. The third kappa shape index (κ3) is 1.92. The summed E-state index contributed by atoms with van der Waals surface area (Å²) >= 11 is 0. The van der Waals surface area contributed by atoms with Crippen molar-refractivity contribution < 1.29 is 18.8 Å². The summed E-state index contributed by atoms with van der Waals surface area (Å²) in [5, 5.41) is 10.6. The van der Waals surface area contributed by atoms with Gasteiger partial charge in [-0.1, -0.05) is 0 Å². The molecule has 7 heteroatoms. The number of hydrogen-bond acceptors (Lipinski definition) is 5. The van der Waals surface area contributed by atoms with Gasteiger partial charge in [0.05, 0.1) is 17.1 Å². The number of aldehydes is 1. The molecule has 0 fully saturated rings. The number of carbonyl (C=O) groups is 1. The Morgan fingerprint density at radius 2 is 2.31 bits per heavy atom. The van der Waals surface area contributed by atoms with E-state index in [4.69, 9.17) is 10.5 Å². The minimum absolute atomic E-state index is 0.159. The standard InChI is InChI=1S/C9H9FN2O4/c1-2-16-6-3-5(4-13)9(12(14)15)8(11)7(6)10/h3-4H,2,11H2,1H3. The molecule has 0 aromatic heterocycles. The summed E-state index contributed by atoms with van der Waals surface area (Å²) in [4.78, 5) is 20.3. The minimum atomic E-state index is -1.03. The fourth-order valence-corrected chi connectivity index (χ4v) is 1.22. The summed E-state index contributed by atoms with van der Waals surface area (Å²) in [5.74, 6) is -1.30. The number of nitrogen functional groups attached to an aromatic ring is 1. The van der Waals surface area contributed by atoms with Gasteiger partial charge in [0.15, 0.2) is 23.5 Å². The first-order valence-corrected chi connectivity index (χ1v) is 4.37. The van der Waals surface area contributed by atoms with Gasteiger partial charge in [-0.05, 0) is 6.92 Å². The Morgan fingerprint density at radius 1 is 1.69 bits per heavy atom. The van der Waals surface area contributed by atoms with Crippen LogP contribution in [-0.2, 0) is 0 Å². The number of ether oxygens (including phenoxy) is 1. The summed E-state index contributed by atoms with van der Waals surface area (Å²) in [6.07, 6.45) is 0.233. The van der Waals surface area contributed by atoms with Gasteiger partial charge in [-0.2, -0.15) is 0 Å². The Kier molecular flexibility index (Phi) is 3.39. The van der Waals surface area contributed by atoms with Crippen molar-refractivity contribution in [3.63, 3.8) is 0 Å². The van der Waals surface area contributed by atoms with Crippen molar-refractivity contribution in [1.29, 1.82) is 0 Å². The van der Waals surface area contributed by atoms with Crippen LogP contribution in [-0.4, -0.2) is 17.8 Å². The molecule has 0 heterocycles. The van der Waals surface area contributed by atoms with Crippen molar-refractivity contribution in [3.8, 4) is 5.75 Å². The molecule has 86 valence electrons. The molecule has 0 aliphatic carbocycles. The highest BCUT2D eigenvalue weighted by Gasteiger charge is 2.25. The molecule has 0 amide bonds. The van der Waals surface area contributed by atoms with E-state index in [1.54, 1.807) is 6.92 Å². The molecule has 1 rings (SSSR count). The average Bonchev–Trinajstić information content (AvgIpc) is 2.24. The first-order valence-electron chi connectivity index (χ1n) is 4.37. The zero-order valence-corrected chi connectivity index (χ0v) is 8.40. The summed E-state index contributed by atoms with van der Waals surface area (Å²) in [6, 6.07) is 0.959. The maximum atomic E-state index is 13.5. The van der Waals surface area contributed by atoms with Crippen molar-refractivity contribution in [2.45, 2.75) is 6.92 Å². The maximum Gasteiger partial charge on any atom is 0.305 e. The van der Waals surface area contributed by atoms with Crippen LogP contribution in [0.5, 0.6) is 5.75 Å². The minimum Gasteiger partial charge on any atom is -0.491 e. The molecule has 0 saturated heterocycles. The van der Waals surface area contributed by atoms with Crippen molar-refractivity contribution >= 4 is 17.7 Å². The average molecular weight is 228 g/mol. The number of nitro benzene ring substituents is 1. The van der Waals surface area contributed by atoms with Crippen molar-refractivity contribution in [1.82, 2.24) is 0 Å². The smallest absolute Gasteiger partial charge is 0.305 e. The van der Waals surface area contributed by atoms with Gasteiger partial charge in [-0.3, -0.25) is 14.9 Å². The Labute approximate surface area is 90.0 Å². The summed E-state index contributed by atoms with van der Waals surface area (Å²) < 4.78 is 18.3. The first kappa shape index (κ1) is 11.9. The molecular formula is C9H9FN2O4. The van der Waals surface area contributed by atoms with E-state index in [9.17, 15) is 19.3 Å². The van der Waals surface area contributed by atoms with Crippen molar-refractivity contribution in [2.75, 3.05) is 12.3 Å². The molecule has 6 nitrogen and oxygen atoms in total. The lowest BCUT2D eigenvalue weighted by Gasteiger charge is -2.08. The van der Waals surface area contributed by atoms with E-state index in [0.29, 0.717) is 0 Å². The molecule has 2 N–H and O–H groups in total. The van der Waals surface area contributed by atoms with E-state index >= 15 is 0 Å². The van der Waals surface area contributed by atoms with E-state index < -0.39 is 22.1 Å². The molecule has 0 saturated carbocycles. The molecule has 0 spiro atoms. The number of hydrogen-bond donors (Lipinski definition) is 1. The number of carbonyl (C=O) groups excluding carboxylic acids is 1. The quantitative estimate of drug-likeness (QED) is 0.365. The van der Waals surface area contributed by atoms with Crippen LogP contribution >= 0.6 is 0 Å². The Hall–Kier alpha value is -2.18. The normalized spacial score (nSPS) is 9.88. The van der Waals surface area contributed by atoms with Gasteiger partial charge in [-0.15, -0.1) is 0 Å². The summed E-state index contributed by atoms with van der Waals surface area (Å²) in [7, 11) is 0. The monoisotopic (exact) mass is 228 g/mol. The van der Waals surface area contributed by atoms with Gasteiger partial charge in [0.1, 0.15) is 0 Å². The number of nitrogens with zero attached hydrogens (tertiary/aromatic N) is 1. The maximum absolute atomic E-state index is 13.5. The van der Waals surface area contributed by atoms with Crippen LogP contribution in [0.4, 0.5) is 15.8 Å². The van der Waals surface area contributed by atoms with E-state index in [1.165, 1.54) is 0 Å². The van der Waals surface area contributed by atoms with E-state index in [1.807, 2.05) is 0 Å². The number of benzene rings is 1. The second-order valence-corrected chi connectivity index (χ2v) is 2.85. The van der Waals surface area contributed by atoms with Crippen LogP contribution in [0.2, 0.25) is 0 Å². The highest BCUT2D eigenvalue weighted by atomic mass is 19.1. The van der Waals surface area contributed by atoms with Crippen LogP contribution in [0.15, 0.2) is 6.07 Å². The van der Waals surface area contributed by atoms with Crippen LogP contribution in [0.3, 0.4) is 0 Å². The number of nitrogens with two attached hydrogens (primary N) is 1. The number of nitro groups is 1. The van der Waals surface area contributed by atoms with Gasteiger partial charge in [0.25, 0.3) is 0 Å². The fraction of sp³-hybridized carbons (Fsp3) is 0.222. The molecule has 0 aliphatic heterocycles. The number of halogens is 1. The van der Waals surface area contributed by atoms with Crippen molar-refractivity contribution in [3.05, 3.63) is 27.6 Å². The Balaban J connectivity index is 3.48. The van der Waals surface area contributed by atoms with Crippen LogP contribution < -0.4 is 10.5 Å². The molecule has 0 atom stereocenters. The van der Waals surface area contributed by atoms with Gasteiger partial charge in [-0.25, -0.2) is 4.39 Å². The summed E-state index contributed by atoms with van der Waals surface area (Å²) in [5.41, 5.74) is 3.49. The van der Waals surface area contributed by atoms with E-state index in [2.05, 4.69) is 0 Å². The van der Waals surface area contributed by atoms with Gasteiger partial charge < -0.3 is 10.5 Å². The van der Waals surface area contributed by atoms with E-state index in [0.717, 1.165) is 6.07 Å². The lowest BCUT2D eigenvalue weighted by atomic mass is 10.1. The zero-order chi connectivity index (χ0) is 12.3. The molecular weight excluding hydrogens is 219 g/mol. The summed E-state index contributed by atoms with van der Waals surface area (Å²) in [6.45, 7) is 1.77. The lowest BCUT2D eigenvalue weighted by molar-refractivity contribution is -0.384. The van der Waals surface area contributed by atoms with Gasteiger partial charge in [0, 0.05) is 6.07 Å². The third-order valence-electron chi connectivity index (χ3n) is 1.88. The third-order valence-corrected chi connectivity index (χ3v) is 1.88. The molecule has 0 bridgehead atoms. The van der Waals surface area contributed by atoms with Crippen molar-refractivity contribution in [2.24, 2.45) is 0 Å². The Bertz CT molecular complexity index is 448. The largest absolute Gasteiger partial charge is 0.491 e. The fourth-order valence-electron chi connectivity index (χ4n) is 1.22. The second kappa shape index (κ2) is 4.56. The van der Waals surface area contributed by atoms with Crippen LogP contribution in [0.25, 0.3) is 0 Å². The topological polar surface area (TPSA) is 95.5 Å². The van der Waals surface area contributed by atoms with Gasteiger partial charge >= 0.3 is 5.69 Å². The molecule has 0 unspecified atom stereocenters. The molecule has 0 aliphatic rings. The first-order chi connectivity index (χ1) is 7.52. The van der Waals surface area contributed by atoms with Gasteiger partial charge in [0.2, 0.25) is 0 Å². The number of rotatable bonds is 4.